The minimum Gasteiger partial charge on any atom is -0.464 e. The number of pyridine rings is 1. The van der Waals surface area contributed by atoms with Crippen LogP contribution < -0.4 is 4.74 Å². The summed E-state index contributed by atoms with van der Waals surface area (Å²) < 4.78 is 44.1. The zero-order chi connectivity index (χ0) is 13.1. The fourth-order valence-electron chi connectivity index (χ4n) is 0.997. The number of carbonyl (C=O) groups is 1. The van der Waals surface area contributed by atoms with Gasteiger partial charge in [0, 0.05) is 6.20 Å². The smallest absolute Gasteiger partial charge is 0.464 e. The summed E-state index contributed by atoms with van der Waals surface area (Å²) in [6.07, 6.45) is -4.02. The first-order chi connectivity index (χ1) is 7.89. The van der Waals surface area contributed by atoms with Gasteiger partial charge in [0.15, 0.2) is 11.4 Å². The Morgan fingerprint density at radius 3 is 2.65 bits per heavy atom. The molecule has 0 aliphatic heterocycles. The third-order valence-corrected chi connectivity index (χ3v) is 1.62. The van der Waals surface area contributed by atoms with Gasteiger partial charge in [0.1, 0.15) is 6.07 Å². The molecule has 0 saturated carbocycles. The van der Waals surface area contributed by atoms with Crippen LogP contribution in [0.2, 0.25) is 0 Å². The highest BCUT2D eigenvalue weighted by molar-refractivity contribution is 5.91. The number of esters is 1. The van der Waals surface area contributed by atoms with Crippen LogP contribution in [0, 0.1) is 11.3 Å². The van der Waals surface area contributed by atoms with Crippen LogP contribution >= 0.6 is 0 Å². The van der Waals surface area contributed by atoms with Gasteiger partial charge < -0.3 is 9.47 Å². The zero-order valence-electron chi connectivity index (χ0n) is 8.41. The molecule has 0 radical (unpaired) electrons. The number of hydrogen-bond acceptors (Lipinski definition) is 5. The van der Waals surface area contributed by atoms with E-state index in [9.17, 15) is 18.0 Å². The van der Waals surface area contributed by atoms with Crippen molar-refractivity contribution >= 4 is 5.97 Å². The first-order valence-corrected chi connectivity index (χ1v) is 4.12. The molecule has 0 unspecified atom stereocenters. The standard InChI is InChI=1S/C9H5F3N2O3/c1-16-8(15)6-7(17-9(10,11)12)5(4-13)2-3-14-6/h2-3H,1H3. The molecule has 0 fully saturated rings. The van der Waals surface area contributed by atoms with Crippen molar-refractivity contribution in [3.8, 4) is 11.8 Å². The van der Waals surface area contributed by atoms with E-state index in [1.165, 1.54) is 6.07 Å². The summed E-state index contributed by atoms with van der Waals surface area (Å²) >= 11 is 0. The fraction of sp³-hybridized carbons (Fsp3) is 0.222. The summed E-state index contributed by atoms with van der Waals surface area (Å²) in [5, 5.41) is 8.62. The number of methoxy groups -OCH3 is 1. The van der Waals surface area contributed by atoms with Crippen molar-refractivity contribution in [3.05, 3.63) is 23.5 Å². The van der Waals surface area contributed by atoms with Gasteiger partial charge in [0.2, 0.25) is 0 Å². The first-order valence-electron chi connectivity index (χ1n) is 4.12. The lowest BCUT2D eigenvalue weighted by Gasteiger charge is -2.12. The molecule has 1 aromatic rings. The Morgan fingerprint density at radius 2 is 2.18 bits per heavy atom. The summed E-state index contributed by atoms with van der Waals surface area (Å²) in [7, 11) is 0.973. The maximum atomic E-state index is 12.1. The molecule has 0 aromatic carbocycles. The lowest BCUT2D eigenvalue weighted by molar-refractivity contribution is -0.274. The number of aromatic nitrogens is 1. The van der Waals surface area contributed by atoms with E-state index in [2.05, 4.69) is 14.5 Å². The van der Waals surface area contributed by atoms with Crippen molar-refractivity contribution < 1.29 is 27.4 Å². The second kappa shape index (κ2) is 4.69. The number of alkyl halides is 3. The van der Waals surface area contributed by atoms with Crippen LogP contribution in [0.1, 0.15) is 16.1 Å². The minimum absolute atomic E-state index is 0.460. The Bertz CT molecular complexity index is 479. The number of rotatable bonds is 2. The van der Waals surface area contributed by atoms with Crippen LogP contribution in [0.4, 0.5) is 13.2 Å². The fourth-order valence-corrected chi connectivity index (χ4v) is 0.997. The first kappa shape index (κ1) is 12.8. The van der Waals surface area contributed by atoms with Gasteiger partial charge in [0.25, 0.3) is 0 Å². The van der Waals surface area contributed by atoms with E-state index in [1.54, 1.807) is 0 Å². The average Bonchev–Trinajstić information content (AvgIpc) is 2.26. The van der Waals surface area contributed by atoms with Crippen LogP contribution in [0.25, 0.3) is 0 Å². The normalized spacial score (nSPS) is 10.5. The van der Waals surface area contributed by atoms with Crippen molar-refractivity contribution in [2.45, 2.75) is 6.36 Å². The van der Waals surface area contributed by atoms with E-state index in [0.717, 1.165) is 19.4 Å². The Balaban J connectivity index is 3.32. The van der Waals surface area contributed by atoms with Crippen molar-refractivity contribution in [1.82, 2.24) is 4.98 Å². The summed E-state index contributed by atoms with van der Waals surface area (Å²) in [5.74, 6) is -2.09. The van der Waals surface area contributed by atoms with Crippen molar-refractivity contribution in [2.75, 3.05) is 7.11 Å². The average molecular weight is 246 g/mol. The molecule has 0 N–H and O–H groups in total. The minimum atomic E-state index is -5.03. The number of nitrogens with zero attached hydrogens (tertiary/aromatic N) is 2. The maximum absolute atomic E-state index is 12.1. The van der Waals surface area contributed by atoms with Crippen molar-refractivity contribution in [1.29, 1.82) is 5.26 Å². The van der Waals surface area contributed by atoms with Gasteiger partial charge in [-0.3, -0.25) is 0 Å². The lowest BCUT2D eigenvalue weighted by atomic mass is 10.2. The molecular formula is C9H5F3N2O3. The SMILES string of the molecule is COC(=O)c1nccc(C#N)c1OC(F)(F)F. The van der Waals surface area contributed by atoms with Crippen LogP contribution in [-0.4, -0.2) is 24.4 Å². The van der Waals surface area contributed by atoms with Crippen LogP contribution in [0.3, 0.4) is 0 Å². The van der Waals surface area contributed by atoms with Gasteiger partial charge in [-0.1, -0.05) is 0 Å². The van der Waals surface area contributed by atoms with Crippen LogP contribution in [-0.2, 0) is 4.74 Å². The lowest BCUT2D eigenvalue weighted by Crippen LogP contribution is -2.21. The Morgan fingerprint density at radius 1 is 1.53 bits per heavy atom. The number of halogens is 3. The quantitative estimate of drug-likeness (QED) is 0.741. The van der Waals surface area contributed by atoms with E-state index < -0.39 is 29.3 Å². The largest absolute Gasteiger partial charge is 0.573 e. The van der Waals surface area contributed by atoms with Crippen molar-refractivity contribution in [2.24, 2.45) is 0 Å². The third kappa shape index (κ3) is 3.07. The molecule has 1 aromatic heterocycles. The van der Waals surface area contributed by atoms with Crippen LogP contribution in [0.15, 0.2) is 12.3 Å². The van der Waals surface area contributed by atoms with Gasteiger partial charge in [0.05, 0.1) is 12.7 Å². The third-order valence-electron chi connectivity index (χ3n) is 1.62. The Hall–Kier alpha value is -2.30. The molecular weight excluding hydrogens is 241 g/mol. The van der Waals surface area contributed by atoms with Gasteiger partial charge in [-0.2, -0.15) is 5.26 Å². The van der Waals surface area contributed by atoms with Crippen LogP contribution in [0.5, 0.6) is 5.75 Å². The molecule has 0 atom stereocenters. The monoisotopic (exact) mass is 246 g/mol. The van der Waals surface area contributed by atoms with Gasteiger partial charge >= 0.3 is 12.3 Å². The Labute approximate surface area is 93.4 Å². The summed E-state index contributed by atoms with van der Waals surface area (Å²) in [6.45, 7) is 0. The highest BCUT2D eigenvalue weighted by atomic mass is 19.4. The van der Waals surface area contributed by atoms with E-state index in [4.69, 9.17) is 5.26 Å². The molecule has 0 spiro atoms. The predicted octanol–water partition coefficient (Wildman–Crippen LogP) is 1.64. The van der Waals surface area contributed by atoms with E-state index in [1.807, 2.05) is 0 Å². The van der Waals surface area contributed by atoms with E-state index in [0.29, 0.717) is 0 Å². The van der Waals surface area contributed by atoms with E-state index in [-0.39, 0.29) is 0 Å². The summed E-state index contributed by atoms with van der Waals surface area (Å²) in [5.41, 5.74) is -1.17. The molecule has 17 heavy (non-hydrogen) atoms. The second-order valence-electron chi connectivity index (χ2n) is 2.69. The van der Waals surface area contributed by atoms with Crippen molar-refractivity contribution in [3.63, 3.8) is 0 Å². The zero-order valence-corrected chi connectivity index (χ0v) is 8.41. The number of nitriles is 1. The highest BCUT2D eigenvalue weighted by Crippen LogP contribution is 2.28. The van der Waals surface area contributed by atoms with Gasteiger partial charge in [-0.25, -0.2) is 9.78 Å². The highest BCUT2D eigenvalue weighted by Gasteiger charge is 2.35. The number of ether oxygens (including phenoxy) is 2. The topological polar surface area (TPSA) is 72.2 Å². The van der Waals surface area contributed by atoms with Gasteiger partial charge in [-0.15, -0.1) is 13.2 Å². The summed E-state index contributed by atoms with van der Waals surface area (Å²) in [6, 6.07) is 2.46. The summed E-state index contributed by atoms with van der Waals surface area (Å²) in [4.78, 5) is 14.5. The predicted molar refractivity (Wildman–Crippen MR) is 47.0 cm³/mol. The number of hydrogen-bond donors (Lipinski definition) is 0. The van der Waals surface area contributed by atoms with E-state index >= 15 is 0 Å². The second-order valence-corrected chi connectivity index (χ2v) is 2.69. The Kier molecular flexibility index (Phi) is 3.52. The molecule has 90 valence electrons. The molecule has 8 heteroatoms. The van der Waals surface area contributed by atoms with Gasteiger partial charge in [-0.05, 0) is 6.07 Å². The maximum Gasteiger partial charge on any atom is 0.573 e. The molecule has 5 nitrogen and oxygen atoms in total. The molecule has 0 amide bonds. The number of carbonyl (C=O) groups excluding carboxylic acids is 1. The molecule has 1 rings (SSSR count). The molecule has 0 saturated heterocycles. The molecule has 0 aliphatic carbocycles. The molecule has 1 heterocycles. The molecule has 0 aliphatic rings. The molecule has 0 bridgehead atoms.